The van der Waals surface area contributed by atoms with Crippen LogP contribution < -0.4 is 5.32 Å². The third kappa shape index (κ3) is 1.36. The minimum atomic E-state index is 0.631. The highest BCUT2D eigenvalue weighted by Crippen LogP contribution is 2.33. The quantitative estimate of drug-likeness (QED) is 0.608. The van der Waals surface area contributed by atoms with Crippen LogP contribution in [0.25, 0.3) is 27.8 Å². The molecule has 0 atom stereocenters. The lowest BCUT2D eigenvalue weighted by molar-refractivity contribution is 0.591. The van der Waals surface area contributed by atoms with Crippen molar-refractivity contribution in [1.29, 1.82) is 0 Å². The Bertz CT molecular complexity index is 801. The number of hydrogen-bond donors (Lipinski definition) is 1. The third-order valence-electron chi connectivity index (χ3n) is 3.38. The van der Waals surface area contributed by atoms with E-state index in [2.05, 4.69) is 35.6 Å². The van der Waals surface area contributed by atoms with Gasteiger partial charge in [-0.05, 0) is 22.9 Å². The molecule has 2 heterocycles. The first-order valence-corrected chi connectivity index (χ1v) is 6.24. The standard InChI is InChI=1S/C15H10ClNO/c16-15-7-14-12(8-17-15)11-5-9-3-1-2-4-10(9)6-13(11)18-14/h1-7,17H,8H2. The summed E-state index contributed by atoms with van der Waals surface area (Å²) in [6.45, 7) is 0.718. The number of furan rings is 1. The molecule has 4 rings (SSSR count). The first-order valence-electron chi connectivity index (χ1n) is 5.86. The van der Waals surface area contributed by atoms with Crippen molar-refractivity contribution >= 4 is 39.4 Å². The molecule has 0 saturated carbocycles. The van der Waals surface area contributed by atoms with Gasteiger partial charge in [-0.15, -0.1) is 0 Å². The second-order valence-electron chi connectivity index (χ2n) is 4.49. The summed E-state index contributed by atoms with van der Waals surface area (Å²) in [5.41, 5.74) is 2.10. The average Bonchev–Trinajstić information content (AvgIpc) is 2.72. The van der Waals surface area contributed by atoms with Gasteiger partial charge in [0.25, 0.3) is 0 Å². The van der Waals surface area contributed by atoms with E-state index in [0.29, 0.717) is 5.16 Å². The Kier molecular flexibility index (Phi) is 1.97. The van der Waals surface area contributed by atoms with Gasteiger partial charge < -0.3 is 9.73 Å². The number of fused-ring (bicyclic) bond motifs is 4. The first kappa shape index (κ1) is 10.0. The van der Waals surface area contributed by atoms with Crippen LogP contribution in [0.3, 0.4) is 0 Å². The second kappa shape index (κ2) is 3.53. The Labute approximate surface area is 109 Å². The zero-order valence-corrected chi connectivity index (χ0v) is 10.3. The molecule has 0 radical (unpaired) electrons. The Morgan fingerprint density at radius 2 is 1.89 bits per heavy atom. The molecule has 1 aromatic heterocycles. The molecule has 1 aliphatic heterocycles. The van der Waals surface area contributed by atoms with Crippen LogP contribution in [0, 0.1) is 0 Å². The van der Waals surface area contributed by atoms with Crippen LogP contribution in [0.15, 0.2) is 46.0 Å². The minimum Gasteiger partial charge on any atom is -0.456 e. The lowest BCUT2D eigenvalue weighted by Gasteiger charge is -2.09. The number of rotatable bonds is 0. The number of benzene rings is 2. The van der Waals surface area contributed by atoms with Gasteiger partial charge >= 0.3 is 0 Å². The smallest absolute Gasteiger partial charge is 0.136 e. The summed E-state index contributed by atoms with van der Waals surface area (Å²) in [7, 11) is 0. The molecule has 1 aliphatic rings. The summed E-state index contributed by atoms with van der Waals surface area (Å²) in [5, 5.41) is 7.35. The van der Waals surface area contributed by atoms with Gasteiger partial charge in [-0.2, -0.15) is 0 Å². The molecule has 0 aliphatic carbocycles. The summed E-state index contributed by atoms with van der Waals surface area (Å²) < 4.78 is 5.87. The first-order chi connectivity index (χ1) is 8.81. The van der Waals surface area contributed by atoms with Gasteiger partial charge in [-0.3, -0.25) is 0 Å². The van der Waals surface area contributed by atoms with Crippen LogP contribution in [0.2, 0.25) is 0 Å². The lowest BCUT2D eigenvalue weighted by atomic mass is 10.0. The van der Waals surface area contributed by atoms with Crippen LogP contribution >= 0.6 is 11.6 Å². The van der Waals surface area contributed by atoms with Crippen molar-refractivity contribution in [3.05, 3.63) is 52.9 Å². The largest absolute Gasteiger partial charge is 0.456 e. The van der Waals surface area contributed by atoms with E-state index in [1.54, 1.807) is 0 Å². The monoisotopic (exact) mass is 255 g/mol. The molecule has 0 amide bonds. The van der Waals surface area contributed by atoms with E-state index < -0.39 is 0 Å². The highest BCUT2D eigenvalue weighted by molar-refractivity contribution is 6.31. The van der Waals surface area contributed by atoms with Crippen molar-refractivity contribution in [2.24, 2.45) is 0 Å². The number of hydrogen-bond acceptors (Lipinski definition) is 2. The second-order valence-corrected chi connectivity index (χ2v) is 4.89. The number of nitrogens with one attached hydrogen (secondary N) is 1. The zero-order chi connectivity index (χ0) is 12.1. The van der Waals surface area contributed by atoms with Crippen molar-refractivity contribution < 1.29 is 4.42 Å². The maximum atomic E-state index is 5.97. The minimum absolute atomic E-state index is 0.631. The summed E-state index contributed by atoms with van der Waals surface area (Å²) >= 11 is 5.97. The molecule has 88 valence electrons. The van der Waals surface area contributed by atoms with Crippen molar-refractivity contribution in [2.45, 2.75) is 6.54 Å². The van der Waals surface area contributed by atoms with Gasteiger partial charge in [-0.1, -0.05) is 35.9 Å². The molecule has 1 N–H and O–H groups in total. The van der Waals surface area contributed by atoms with Crippen LogP contribution in [-0.4, -0.2) is 0 Å². The fourth-order valence-electron chi connectivity index (χ4n) is 2.49. The SMILES string of the molecule is ClC1=Cc2oc3cc4ccccc4cc3c2CN1. The van der Waals surface area contributed by atoms with E-state index in [1.165, 1.54) is 16.3 Å². The van der Waals surface area contributed by atoms with Crippen molar-refractivity contribution in [3.8, 4) is 0 Å². The maximum absolute atomic E-state index is 5.97. The van der Waals surface area contributed by atoms with Gasteiger partial charge in [0.1, 0.15) is 16.5 Å². The van der Waals surface area contributed by atoms with Crippen molar-refractivity contribution in [3.63, 3.8) is 0 Å². The maximum Gasteiger partial charge on any atom is 0.136 e. The van der Waals surface area contributed by atoms with E-state index in [1.807, 2.05) is 12.1 Å². The van der Waals surface area contributed by atoms with E-state index in [0.717, 1.165) is 23.3 Å². The molecular formula is C15H10ClNO. The van der Waals surface area contributed by atoms with Crippen LogP contribution in [0.1, 0.15) is 11.3 Å². The van der Waals surface area contributed by atoms with Crippen LogP contribution in [-0.2, 0) is 6.54 Å². The van der Waals surface area contributed by atoms with Crippen molar-refractivity contribution in [2.75, 3.05) is 0 Å². The van der Waals surface area contributed by atoms with Gasteiger partial charge in [0.05, 0.1) is 0 Å². The topological polar surface area (TPSA) is 25.2 Å². The van der Waals surface area contributed by atoms with Gasteiger partial charge in [0, 0.05) is 23.6 Å². The molecule has 0 saturated heterocycles. The molecule has 2 aromatic carbocycles. The zero-order valence-electron chi connectivity index (χ0n) is 9.53. The molecule has 0 fully saturated rings. The Morgan fingerprint density at radius 1 is 1.11 bits per heavy atom. The Balaban J connectivity index is 2.11. The van der Waals surface area contributed by atoms with E-state index in [4.69, 9.17) is 16.0 Å². The van der Waals surface area contributed by atoms with E-state index in [9.17, 15) is 0 Å². The molecular weight excluding hydrogens is 246 g/mol. The van der Waals surface area contributed by atoms with Gasteiger partial charge in [0.15, 0.2) is 0 Å². The molecule has 18 heavy (non-hydrogen) atoms. The van der Waals surface area contributed by atoms with E-state index >= 15 is 0 Å². The molecule has 3 aromatic rings. The van der Waals surface area contributed by atoms with E-state index in [-0.39, 0.29) is 0 Å². The fourth-order valence-corrected chi connectivity index (χ4v) is 2.66. The molecule has 0 unspecified atom stereocenters. The Morgan fingerprint density at radius 3 is 2.72 bits per heavy atom. The molecule has 3 heteroatoms. The van der Waals surface area contributed by atoms with Gasteiger partial charge in [0.2, 0.25) is 0 Å². The normalized spacial score (nSPS) is 14.4. The van der Waals surface area contributed by atoms with Crippen LogP contribution in [0.4, 0.5) is 0 Å². The van der Waals surface area contributed by atoms with Gasteiger partial charge in [-0.25, -0.2) is 0 Å². The number of halogens is 1. The van der Waals surface area contributed by atoms with Crippen molar-refractivity contribution in [1.82, 2.24) is 5.32 Å². The third-order valence-corrected chi connectivity index (χ3v) is 3.62. The summed E-state index contributed by atoms with van der Waals surface area (Å²) in [4.78, 5) is 0. The fraction of sp³-hybridized carbons (Fsp3) is 0.0667. The summed E-state index contributed by atoms with van der Waals surface area (Å²) in [6.07, 6.45) is 1.84. The highest BCUT2D eigenvalue weighted by Gasteiger charge is 2.17. The molecule has 0 spiro atoms. The van der Waals surface area contributed by atoms with Crippen LogP contribution in [0.5, 0.6) is 0 Å². The Hall–Kier alpha value is -1.93. The average molecular weight is 256 g/mol. The molecule has 2 nitrogen and oxygen atoms in total. The summed E-state index contributed by atoms with van der Waals surface area (Å²) in [5.74, 6) is 0.865. The predicted octanol–water partition coefficient (Wildman–Crippen LogP) is 4.23. The summed E-state index contributed by atoms with van der Waals surface area (Å²) in [6, 6.07) is 12.6. The predicted molar refractivity (Wildman–Crippen MR) is 74.4 cm³/mol. The molecule has 0 bridgehead atoms. The lowest BCUT2D eigenvalue weighted by Crippen LogP contribution is -2.12. The highest BCUT2D eigenvalue weighted by atomic mass is 35.5.